The Morgan fingerprint density at radius 1 is 1.44 bits per heavy atom. The van der Waals surface area contributed by atoms with E-state index < -0.39 is 0 Å². The van der Waals surface area contributed by atoms with Gasteiger partial charge in [-0.3, -0.25) is 4.79 Å². The number of fused-ring (bicyclic) bond motifs is 1. The first-order valence-corrected chi connectivity index (χ1v) is 5.32. The van der Waals surface area contributed by atoms with E-state index in [1.54, 1.807) is 0 Å². The van der Waals surface area contributed by atoms with Crippen LogP contribution in [0.2, 0.25) is 0 Å². The van der Waals surface area contributed by atoms with Gasteiger partial charge in [-0.1, -0.05) is 12.1 Å². The third-order valence-electron chi connectivity index (χ3n) is 2.77. The summed E-state index contributed by atoms with van der Waals surface area (Å²) >= 11 is 0. The zero-order valence-electron chi connectivity index (χ0n) is 8.98. The Morgan fingerprint density at radius 3 is 2.94 bits per heavy atom. The summed E-state index contributed by atoms with van der Waals surface area (Å²) in [6.07, 6.45) is 1.96. The number of nitrogens with two attached hydrogens (primary N) is 1. The van der Waals surface area contributed by atoms with Gasteiger partial charge in [-0.2, -0.15) is 0 Å². The van der Waals surface area contributed by atoms with Crippen LogP contribution in [0.15, 0.2) is 18.2 Å². The highest BCUT2D eigenvalue weighted by Crippen LogP contribution is 2.29. The molecule has 0 atom stereocenters. The van der Waals surface area contributed by atoms with Gasteiger partial charge >= 0.3 is 0 Å². The van der Waals surface area contributed by atoms with Crippen molar-refractivity contribution in [2.24, 2.45) is 5.73 Å². The van der Waals surface area contributed by atoms with Gasteiger partial charge in [0, 0.05) is 5.69 Å². The van der Waals surface area contributed by atoms with Crippen LogP contribution in [-0.2, 0) is 22.4 Å². The second kappa shape index (κ2) is 4.45. The number of aldehydes is 1. The van der Waals surface area contributed by atoms with E-state index in [-0.39, 0.29) is 12.5 Å². The van der Waals surface area contributed by atoms with Gasteiger partial charge in [0.05, 0.1) is 13.0 Å². The van der Waals surface area contributed by atoms with Crippen LogP contribution in [-0.4, -0.2) is 25.3 Å². The molecule has 0 aromatic heterocycles. The highest BCUT2D eigenvalue weighted by molar-refractivity contribution is 6.03. The number of anilines is 1. The lowest BCUT2D eigenvalue weighted by molar-refractivity contribution is -0.118. The van der Waals surface area contributed by atoms with Crippen molar-refractivity contribution in [1.82, 2.24) is 0 Å². The van der Waals surface area contributed by atoms with Crippen molar-refractivity contribution in [1.29, 1.82) is 0 Å². The van der Waals surface area contributed by atoms with Crippen LogP contribution in [0.3, 0.4) is 0 Å². The first kappa shape index (κ1) is 10.8. The average Bonchev–Trinajstić information content (AvgIpc) is 2.56. The molecule has 0 saturated heterocycles. The Balaban J connectivity index is 2.30. The number of carbonyl (C=O) groups excluding carboxylic acids is 2. The highest BCUT2D eigenvalue weighted by atomic mass is 16.2. The second-order valence-electron chi connectivity index (χ2n) is 3.85. The number of amides is 1. The monoisotopic (exact) mass is 218 g/mol. The third kappa shape index (κ3) is 1.84. The summed E-state index contributed by atoms with van der Waals surface area (Å²) in [5, 5.41) is 0. The lowest BCUT2D eigenvalue weighted by Gasteiger charge is -2.13. The quantitative estimate of drug-likeness (QED) is 0.738. The van der Waals surface area contributed by atoms with Crippen molar-refractivity contribution in [2.75, 3.05) is 18.0 Å². The molecule has 0 bridgehead atoms. The predicted octanol–water partition coefficient (Wildman–Crippen LogP) is 0.276. The largest absolute Gasteiger partial charge is 0.330 e. The molecule has 4 heteroatoms. The van der Waals surface area contributed by atoms with Gasteiger partial charge in [-0.15, -0.1) is 0 Å². The van der Waals surface area contributed by atoms with E-state index in [4.69, 9.17) is 5.73 Å². The van der Waals surface area contributed by atoms with Gasteiger partial charge in [0.1, 0.15) is 6.29 Å². The fourth-order valence-electron chi connectivity index (χ4n) is 2.03. The van der Waals surface area contributed by atoms with E-state index in [9.17, 15) is 9.59 Å². The predicted molar refractivity (Wildman–Crippen MR) is 61.3 cm³/mol. The SMILES string of the molecule is NCCc1ccc2c(c1)CC(=O)N2CC=O. The van der Waals surface area contributed by atoms with Crippen molar-refractivity contribution in [3.8, 4) is 0 Å². The molecule has 0 radical (unpaired) electrons. The molecular weight excluding hydrogens is 204 g/mol. The van der Waals surface area contributed by atoms with Gasteiger partial charge in [0.15, 0.2) is 0 Å². The summed E-state index contributed by atoms with van der Waals surface area (Å²) in [7, 11) is 0. The molecule has 1 heterocycles. The fourth-order valence-corrected chi connectivity index (χ4v) is 2.03. The lowest BCUT2D eigenvalue weighted by atomic mass is 10.1. The Hall–Kier alpha value is -1.68. The molecule has 0 unspecified atom stereocenters. The van der Waals surface area contributed by atoms with Gasteiger partial charge < -0.3 is 15.4 Å². The molecule has 0 spiro atoms. The molecule has 4 nitrogen and oxygen atoms in total. The molecule has 84 valence electrons. The molecular formula is C12H14N2O2. The van der Waals surface area contributed by atoms with E-state index >= 15 is 0 Å². The van der Waals surface area contributed by atoms with Crippen molar-refractivity contribution >= 4 is 17.9 Å². The topological polar surface area (TPSA) is 63.4 Å². The first-order valence-electron chi connectivity index (χ1n) is 5.32. The maximum atomic E-state index is 11.6. The number of nitrogens with zero attached hydrogens (tertiary/aromatic N) is 1. The molecule has 0 aliphatic carbocycles. The maximum Gasteiger partial charge on any atom is 0.231 e. The summed E-state index contributed by atoms with van der Waals surface area (Å²) < 4.78 is 0. The Bertz CT molecular complexity index is 429. The van der Waals surface area contributed by atoms with Crippen molar-refractivity contribution in [3.05, 3.63) is 29.3 Å². The van der Waals surface area contributed by atoms with Crippen LogP contribution in [0.25, 0.3) is 0 Å². The smallest absolute Gasteiger partial charge is 0.231 e. The van der Waals surface area contributed by atoms with Crippen LogP contribution >= 0.6 is 0 Å². The van der Waals surface area contributed by atoms with E-state index in [0.29, 0.717) is 13.0 Å². The summed E-state index contributed by atoms with van der Waals surface area (Å²) in [4.78, 5) is 23.6. The molecule has 1 aliphatic rings. The Labute approximate surface area is 94.0 Å². The number of rotatable bonds is 4. The third-order valence-corrected chi connectivity index (χ3v) is 2.77. The zero-order valence-corrected chi connectivity index (χ0v) is 8.98. The number of hydrogen-bond donors (Lipinski definition) is 1. The zero-order chi connectivity index (χ0) is 11.5. The highest BCUT2D eigenvalue weighted by Gasteiger charge is 2.26. The molecule has 1 aromatic carbocycles. The molecule has 2 N–H and O–H groups in total. The summed E-state index contributed by atoms with van der Waals surface area (Å²) in [5.41, 5.74) is 8.48. The van der Waals surface area contributed by atoms with Crippen molar-refractivity contribution in [3.63, 3.8) is 0 Å². The first-order chi connectivity index (χ1) is 7.76. The van der Waals surface area contributed by atoms with E-state index in [2.05, 4.69) is 0 Å². The summed E-state index contributed by atoms with van der Waals surface area (Å²) in [6, 6.07) is 5.86. The van der Waals surface area contributed by atoms with Crippen LogP contribution in [0.4, 0.5) is 5.69 Å². The Kier molecular flexibility index (Phi) is 3.01. The average molecular weight is 218 g/mol. The number of benzene rings is 1. The van der Waals surface area contributed by atoms with Gasteiger partial charge in [0.2, 0.25) is 5.91 Å². The molecule has 0 fully saturated rings. The summed E-state index contributed by atoms with van der Waals surface area (Å²) in [6.45, 7) is 0.743. The minimum absolute atomic E-state index is 0.00741. The molecule has 1 aromatic rings. The normalized spacial score (nSPS) is 14.1. The van der Waals surface area contributed by atoms with Gasteiger partial charge in [0.25, 0.3) is 0 Å². The van der Waals surface area contributed by atoms with E-state index in [1.807, 2.05) is 18.2 Å². The van der Waals surface area contributed by atoms with Crippen LogP contribution in [0, 0.1) is 0 Å². The fraction of sp³-hybridized carbons (Fsp3) is 0.333. The number of hydrogen-bond acceptors (Lipinski definition) is 3. The van der Waals surface area contributed by atoms with Crippen molar-refractivity contribution < 1.29 is 9.59 Å². The lowest BCUT2D eigenvalue weighted by Crippen LogP contribution is -2.28. The van der Waals surface area contributed by atoms with Crippen LogP contribution in [0.1, 0.15) is 11.1 Å². The molecule has 2 rings (SSSR count). The summed E-state index contributed by atoms with van der Waals surface area (Å²) in [5.74, 6) is -0.00741. The van der Waals surface area contributed by atoms with Crippen molar-refractivity contribution in [2.45, 2.75) is 12.8 Å². The van der Waals surface area contributed by atoms with Gasteiger partial charge in [-0.05, 0) is 30.2 Å². The maximum absolute atomic E-state index is 11.6. The molecule has 1 aliphatic heterocycles. The standard InChI is InChI=1S/C12H14N2O2/c13-4-3-9-1-2-11-10(7-9)8-12(16)14(11)5-6-15/h1-2,6-7H,3-5,8,13H2. The molecule has 16 heavy (non-hydrogen) atoms. The number of carbonyl (C=O) groups is 2. The minimum atomic E-state index is -0.00741. The minimum Gasteiger partial charge on any atom is -0.330 e. The van der Waals surface area contributed by atoms with Crippen LogP contribution in [0.5, 0.6) is 0 Å². The molecule has 1 amide bonds. The van der Waals surface area contributed by atoms with E-state index in [1.165, 1.54) is 4.90 Å². The molecule has 0 saturated carbocycles. The van der Waals surface area contributed by atoms with Gasteiger partial charge in [-0.25, -0.2) is 0 Å². The second-order valence-corrected chi connectivity index (χ2v) is 3.85. The van der Waals surface area contributed by atoms with E-state index in [0.717, 1.165) is 29.5 Å². The van der Waals surface area contributed by atoms with Crippen LogP contribution < -0.4 is 10.6 Å². The Morgan fingerprint density at radius 2 is 2.25 bits per heavy atom.